The lowest BCUT2D eigenvalue weighted by Gasteiger charge is -2.35. The predicted molar refractivity (Wildman–Crippen MR) is 101 cm³/mol. The summed E-state index contributed by atoms with van der Waals surface area (Å²) in [6, 6.07) is 6.61. The Morgan fingerprint density at radius 3 is 2.15 bits per heavy atom. The third-order valence-electron chi connectivity index (χ3n) is 5.82. The third-order valence-corrected chi connectivity index (χ3v) is 5.82. The van der Waals surface area contributed by atoms with Gasteiger partial charge in [0, 0.05) is 32.6 Å². The molecule has 2 aliphatic rings. The van der Waals surface area contributed by atoms with Crippen molar-refractivity contribution in [2.45, 2.75) is 44.9 Å². The van der Waals surface area contributed by atoms with E-state index in [0.29, 0.717) is 44.1 Å². The minimum atomic E-state index is -1.02. The average molecular weight is 372 g/mol. The molecule has 0 bridgehead atoms. The van der Waals surface area contributed by atoms with Gasteiger partial charge in [0.15, 0.2) is 0 Å². The minimum Gasteiger partial charge on any atom is -0.478 e. The van der Waals surface area contributed by atoms with Gasteiger partial charge in [0.1, 0.15) is 0 Å². The molecule has 0 atom stereocenters. The molecule has 1 aliphatic carbocycles. The van der Waals surface area contributed by atoms with Crippen molar-refractivity contribution in [3.8, 4) is 0 Å². The summed E-state index contributed by atoms with van der Waals surface area (Å²) in [5.74, 6) is -0.186. The Kier molecular flexibility index (Phi) is 6.48. The van der Waals surface area contributed by atoms with Crippen LogP contribution in [0.3, 0.4) is 0 Å². The monoisotopic (exact) mass is 372 g/mol. The molecule has 1 saturated heterocycles. The summed E-state index contributed by atoms with van der Waals surface area (Å²) in [5, 5.41) is 9.24. The largest absolute Gasteiger partial charge is 0.478 e. The van der Waals surface area contributed by atoms with Gasteiger partial charge >= 0.3 is 5.97 Å². The second-order valence-corrected chi connectivity index (χ2v) is 7.59. The molecular weight excluding hydrogens is 344 g/mol. The van der Waals surface area contributed by atoms with Crippen LogP contribution >= 0.6 is 0 Å². The van der Waals surface area contributed by atoms with Crippen LogP contribution in [0.1, 0.15) is 54.4 Å². The molecule has 146 valence electrons. The van der Waals surface area contributed by atoms with Crippen molar-refractivity contribution < 1.29 is 19.5 Å². The zero-order valence-corrected chi connectivity index (χ0v) is 15.7. The highest BCUT2D eigenvalue weighted by atomic mass is 16.4. The highest BCUT2D eigenvalue weighted by Crippen LogP contribution is 2.28. The molecule has 6 heteroatoms. The number of carbonyl (C=O) groups is 3. The Labute approximate surface area is 160 Å². The molecule has 2 fully saturated rings. The van der Waals surface area contributed by atoms with E-state index < -0.39 is 5.97 Å². The van der Waals surface area contributed by atoms with E-state index in [9.17, 15) is 19.5 Å². The van der Waals surface area contributed by atoms with Crippen molar-refractivity contribution in [3.05, 3.63) is 35.4 Å². The number of carboxylic acid groups (broad SMARTS) is 1. The number of carbonyl (C=O) groups excluding carboxylic acids is 2. The molecule has 0 radical (unpaired) electrons. The van der Waals surface area contributed by atoms with Crippen molar-refractivity contribution in [1.29, 1.82) is 0 Å². The molecule has 0 unspecified atom stereocenters. The van der Waals surface area contributed by atoms with Crippen molar-refractivity contribution >= 4 is 17.8 Å². The summed E-state index contributed by atoms with van der Waals surface area (Å²) >= 11 is 0. The van der Waals surface area contributed by atoms with Crippen molar-refractivity contribution in [3.63, 3.8) is 0 Å². The van der Waals surface area contributed by atoms with E-state index in [1.807, 2.05) is 4.90 Å². The van der Waals surface area contributed by atoms with Gasteiger partial charge in [-0.3, -0.25) is 9.59 Å². The van der Waals surface area contributed by atoms with E-state index in [2.05, 4.69) is 0 Å². The average Bonchev–Trinajstić information content (AvgIpc) is 3.20. The number of rotatable bonds is 6. The lowest BCUT2D eigenvalue weighted by molar-refractivity contribution is -0.139. The maximum absolute atomic E-state index is 12.5. The van der Waals surface area contributed by atoms with Gasteiger partial charge < -0.3 is 14.9 Å². The maximum Gasteiger partial charge on any atom is 0.335 e. The van der Waals surface area contributed by atoms with Gasteiger partial charge in [0.2, 0.25) is 11.8 Å². The third kappa shape index (κ3) is 5.08. The van der Waals surface area contributed by atoms with E-state index in [0.717, 1.165) is 6.42 Å². The van der Waals surface area contributed by atoms with Crippen LogP contribution in [-0.2, 0) is 16.0 Å². The van der Waals surface area contributed by atoms with E-state index in [1.54, 1.807) is 23.1 Å². The first-order chi connectivity index (χ1) is 13.0. The summed E-state index contributed by atoms with van der Waals surface area (Å²) in [4.78, 5) is 39.8. The molecule has 2 amide bonds. The van der Waals surface area contributed by atoms with Crippen LogP contribution in [-0.4, -0.2) is 58.9 Å². The van der Waals surface area contributed by atoms with Crippen molar-refractivity contribution in [1.82, 2.24) is 9.80 Å². The van der Waals surface area contributed by atoms with Crippen LogP contribution < -0.4 is 0 Å². The summed E-state index contributed by atoms with van der Waals surface area (Å²) in [5.41, 5.74) is 0.705. The molecule has 3 rings (SSSR count). The molecular formula is C21H28N2O4. The van der Waals surface area contributed by atoms with Crippen LogP contribution in [0, 0.1) is 5.92 Å². The number of piperazine rings is 1. The molecule has 1 aliphatic heterocycles. The summed E-state index contributed by atoms with van der Waals surface area (Å²) in [6.07, 6.45) is 6.79. The van der Waals surface area contributed by atoms with Gasteiger partial charge in [-0.1, -0.05) is 43.9 Å². The molecule has 1 N–H and O–H groups in total. The molecule has 1 aromatic rings. The Morgan fingerprint density at radius 2 is 1.52 bits per heavy atom. The smallest absolute Gasteiger partial charge is 0.335 e. The summed E-state index contributed by atoms with van der Waals surface area (Å²) in [6.45, 7) is 2.16. The second-order valence-electron chi connectivity index (χ2n) is 7.59. The number of amides is 2. The standard InChI is InChI=1S/C21H28N2O4/c24-19(10-9-16-5-1-2-6-16)22-11-13-23(14-12-22)20(25)15-17-7-3-4-8-18(17)21(26)27/h3-4,7-8,16H,1-2,5-6,9-15H2,(H,26,27). The molecule has 1 aromatic carbocycles. The second kappa shape index (κ2) is 9.02. The SMILES string of the molecule is O=C(O)c1ccccc1CC(=O)N1CCN(C(=O)CCC2CCCC2)CC1. The number of hydrogen-bond donors (Lipinski definition) is 1. The summed E-state index contributed by atoms with van der Waals surface area (Å²) < 4.78 is 0. The fourth-order valence-corrected chi connectivity index (χ4v) is 4.15. The van der Waals surface area contributed by atoms with Crippen molar-refractivity contribution in [2.75, 3.05) is 26.2 Å². The Balaban J connectivity index is 1.46. The number of benzene rings is 1. The molecule has 1 heterocycles. The molecule has 1 saturated carbocycles. The molecule has 0 spiro atoms. The van der Waals surface area contributed by atoms with E-state index in [-0.39, 0.29) is 23.8 Å². The van der Waals surface area contributed by atoms with Gasteiger partial charge in [-0.25, -0.2) is 4.79 Å². The van der Waals surface area contributed by atoms with Crippen LogP contribution in [0.2, 0.25) is 0 Å². The fourth-order valence-electron chi connectivity index (χ4n) is 4.15. The van der Waals surface area contributed by atoms with Gasteiger partial charge in [-0.05, 0) is 24.0 Å². The van der Waals surface area contributed by atoms with Gasteiger partial charge in [-0.2, -0.15) is 0 Å². The Hall–Kier alpha value is -2.37. The van der Waals surface area contributed by atoms with Gasteiger partial charge in [-0.15, -0.1) is 0 Å². The normalized spacial score (nSPS) is 17.9. The van der Waals surface area contributed by atoms with Crippen LogP contribution in [0.15, 0.2) is 24.3 Å². The van der Waals surface area contributed by atoms with E-state index in [4.69, 9.17) is 0 Å². The van der Waals surface area contributed by atoms with E-state index >= 15 is 0 Å². The molecule has 0 aromatic heterocycles. The topological polar surface area (TPSA) is 77.9 Å². The first kappa shape index (κ1) is 19.4. The van der Waals surface area contributed by atoms with Crippen LogP contribution in [0.5, 0.6) is 0 Å². The Morgan fingerprint density at radius 1 is 0.926 bits per heavy atom. The quantitative estimate of drug-likeness (QED) is 0.832. The van der Waals surface area contributed by atoms with Crippen LogP contribution in [0.25, 0.3) is 0 Å². The Bertz CT molecular complexity index is 689. The zero-order chi connectivity index (χ0) is 19.2. The lowest BCUT2D eigenvalue weighted by Crippen LogP contribution is -2.51. The van der Waals surface area contributed by atoms with Gasteiger partial charge in [0.05, 0.1) is 12.0 Å². The lowest BCUT2D eigenvalue weighted by atomic mass is 10.0. The number of aromatic carboxylic acids is 1. The maximum atomic E-state index is 12.5. The highest BCUT2D eigenvalue weighted by molar-refractivity contribution is 5.91. The fraction of sp³-hybridized carbons (Fsp3) is 0.571. The first-order valence-electron chi connectivity index (χ1n) is 9.91. The number of carboxylic acids is 1. The highest BCUT2D eigenvalue weighted by Gasteiger charge is 2.25. The minimum absolute atomic E-state index is 0.0814. The van der Waals surface area contributed by atoms with Gasteiger partial charge in [0.25, 0.3) is 0 Å². The summed E-state index contributed by atoms with van der Waals surface area (Å²) in [7, 11) is 0. The molecule has 6 nitrogen and oxygen atoms in total. The molecule has 27 heavy (non-hydrogen) atoms. The van der Waals surface area contributed by atoms with Crippen molar-refractivity contribution in [2.24, 2.45) is 5.92 Å². The number of nitrogens with zero attached hydrogens (tertiary/aromatic N) is 2. The number of hydrogen-bond acceptors (Lipinski definition) is 3. The predicted octanol–water partition coefficient (Wildman–Crippen LogP) is 2.57. The van der Waals surface area contributed by atoms with Crippen LogP contribution in [0.4, 0.5) is 0 Å². The van der Waals surface area contributed by atoms with E-state index in [1.165, 1.54) is 31.7 Å². The zero-order valence-electron chi connectivity index (χ0n) is 15.7. The first-order valence-corrected chi connectivity index (χ1v) is 9.91.